The van der Waals surface area contributed by atoms with Gasteiger partial charge in [0.1, 0.15) is 0 Å². The van der Waals surface area contributed by atoms with Gasteiger partial charge in [-0.2, -0.15) is 0 Å². The number of hydrogen-bond donors (Lipinski definition) is 1. The first-order valence-corrected chi connectivity index (χ1v) is 8.85. The van der Waals surface area contributed by atoms with Crippen LogP contribution in [0.5, 0.6) is 0 Å². The second-order valence-electron chi connectivity index (χ2n) is 6.69. The summed E-state index contributed by atoms with van der Waals surface area (Å²) in [5.74, 6) is 1.57. The molecule has 3 rings (SSSR count). The number of benzene rings is 1. The second-order valence-corrected chi connectivity index (χ2v) is 7.83. The van der Waals surface area contributed by atoms with Crippen molar-refractivity contribution in [1.29, 1.82) is 0 Å². The van der Waals surface area contributed by atoms with Crippen molar-refractivity contribution in [1.82, 2.24) is 4.90 Å². The van der Waals surface area contributed by atoms with Gasteiger partial charge in [0.2, 0.25) is 0 Å². The quantitative estimate of drug-likeness (QED) is 0.919. The maximum absolute atomic E-state index is 6.00. The number of fused-ring (bicyclic) bond motifs is 1. The van der Waals surface area contributed by atoms with Crippen LogP contribution >= 0.6 is 11.3 Å². The topological polar surface area (TPSA) is 29.3 Å². The van der Waals surface area contributed by atoms with Crippen molar-refractivity contribution in [3.05, 3.63) is 34.7 Å². The number of piperidine rings is 1. The number of rotatable bonds is 3. The van der Waals surface area contributed by atoms with Crippen molar-refractivity contribution in [2.75, 3.05) is 6.54 Å². The van der Waals surface area contributed by atoms with Crippen molar-refractivity contribution in [3.63, 3.8) is 0 Å². The molecule has 1 saturated heterocycles. The minimum absolute atomic E-state index is 0.655. The third-order valence-corrected chi connectivity index (χ3v) is 6.28. The van der Waals surface area contributed by atoms with Crippen LogP contribution in [-0.4, -0.2) is 17.5 Å². The van der Waals surface area contributed by atoms with Crippen molar-refractivity contribution >= 4 is 21.4 Å². The number of hydrogen-bond acceptors (Lipinski definition) is 3. The van der Waals surface area contributed by atoms with E-state index < -0.39 is 0 Å². The molecule has 114 valence electrons. The lowest BCUT2D eigenvalue weighted by atomic mass is 9.85. The molecule has 1 aliphatic heterocycles. The van der Waals surface area contributed by atoms with Crippen molar-refractivity contribution in [3.8, 4) is 0 Å². The van der Waals surface area contributed by atoms with Crippen molar-refractivity contribution in [2.45, 2.75) is 46.3 Å². The molecule has 0 amide bonds. The van der Waals surface area contributed by atoms with Gasteiger partial charge < -0.3 is 5.73 Å². The van der Waals surface area contributed by atoms with Crippen LogP contribution in [-0.2, 0) is 13.1 Å². The maximum atomic E-state index is 6.00. The van der Waals surface area contributed by atoms with Gasteiger partial charge in [-0.15, -0.1) is 11.3 Å². The Bertz CT molecular complexity index is 619. The van der Waals surface area contributed by atoms with E-state index in [1.165, 1.54) is 33.5 Å². The number of thiophene rings is 1. The van der Waals surface area contributed by atoms with Crippen LogP contribution < -0.4 is 5.73 Å². The lowest BCUT2D eigenvalue weighted by Gasteiger charge is -2.41. The van der Waals surface area contributed by atoms with Gasteiger partial charge in [-0.25, -0.2) is 0 Å². The van der Waals surface area contributed by atoms with Crippen LogP contribution in [0.25, 0.3) is 10.1 Å². The zero-order valence-corrected chi connectivity index (χ0v) is 14.1. The molecule has 1 fully saturated rings. The molecule has 2 nitrogen and oxygen atoms in total. The van der Waals surface area contributed by atoms with E-state index in [0.29, 0.717) is 12.6 Å². The van der Waals surface area contributed by atoms with Gasteiger partial charge in [0.25, 0.3) is 0 Å². The zero-order chi connectivity index (χ0) is 15.0. The highest BCUT2D eigenvalue weighted by molar-refractivity contribution is 7.19. The van der Waals surface area contributed by atoms with Gasteiger partial charge in [0.05, 0.1) is 0 Å². The Morgan fingerprint density at radius 2 is 2.00 bits per heavy atom. The van der Waals surface area contributed by atoms with Crippen molar-refractivity contribution in [2.24, 2.45) is 17.6 Å². The van der Waals surface area contributed by atoms with Gasteiger partial charge in [0.15, 0.2) is 0 Å². The third kappa shape index (κ3) is 2.87. The zero-order valence-electron chi connectivity index (χ0n) is 13.3. The van der Waals surface area contributed by atoms with Crippen LogP contribution in [0.1, 0.15) is 37.6 Å². The molecular weight excluding hydrogens is 276 g/mol. The van der Waals surface area contributed by atoms with Crippen LogP contribution in [0.15, 0.2) is 24.3 Å². The van der Waals surface area contributed by atoms with Crippen LogP contribution in [0.3, 0.4) is 0 Å². The molecule has 21 heavy (non-hydrogen) atoms. The molecule has 3 heteroatoms. The molecule has 3 atom stereocenters. The fraction of sp³-hybridized carbons (Fsp3) is 0.556. The Hall–Kier alpha value is -0.900. The van der Waals surface area contributed by atoms with Gasteiger partial charge in [-0.1, -0.05) is 32.0 Å². The minimum atomic E-state index is 0.655. The Morgan fingerprint density at radius 3 is 2.76 bits per heavy atom. The average Bonchev–Trinajstić information content (AvgIpc) is 2.82. The molecule has 0 bridgehead atoms. The van der Waals surface area contributed by atoms with E-state index in [0.717, 1.165) is 18.4 Å². The molecular formula is C18H26N2S. The van der Waals surface area contributed by atoms with Gasteiger partial charge >= 0.3 is 0 Å². The molecule has 1 aliphatic rings. The Kier molecular flexibility index (Phi) is 4.34. The SMILES string of the molecule is CC1CC(C)C(C)N(Cc2c(CN)sc3ccccc23)C1. The fourth-order valence-electron chi connectivity index (χ4n) is 3.73. The summed E-state index contributed by atoms with van der Waals surface area (Å²) in [5, 5.41) is 1.40. The van der Waals surface area contributed by atoms with E-state index in [1.54, 1.807) is 0 Å². The molecule has 0 radical (unpaired) electrons. The van der Waals surface area contributed by atoms with E-state index in [1.807, 2.05) is 11.3 Å². The summed E-state index contributed by atoms with van der Waals surface area (Å²) < 4.78 is 1.37. The summed E-state index contributed by atoms with van der Waals surface area (Å²) in [6.45, 7) is 10.1. The van der Waals surface area contributed by atoms with E-state index in [4.69, 9.17) is 5.73 Å². The van der Waals surface area contributed by atoms with E-state index >= 15 is 0 Å². The highest BCUT2D eigenvalue weighted by Gasteiger charge is 2.29. The summed E-state index contributed by atoms with van der Waals surface area (Å²) in [7, 11) is 0. The summed E-state index contributed by atoms with van der Waals surface area (Å²) in [4.78, 5) is 4.02. The highest BCUT2D eigenvalue weighted by atomic mass is 32.1. The van der Waals surface area contributed by atoms with Gasteiger partial charge in [0, 0.05) is 35.3 Å². The predicted molar refractivity (Wildman–Crippen MR) is 92.5 cm³/mol. The van der Waals surface area contributed by atoms with Gasteiger partial charge in [-0.05, 0) is 42.2 Å². The van der Waals surface area contributed by atoms with E-state index in [2.05, 4.69) is 49.9 Å². The number of nitrogens with zero attached hydrogens (tertiary/aromatic N) is 1. The monoisotopic (exact) mass is 302 g/mol. The normalized spacial score (nSPS) is 27.3. The standard InChI is InChI=1S/C18H26N2S/c1-12-8-13(2)14(3)20(10-12)11-16-15-6-4-5-7-17(15)21-18(16)9-19/h4-7,12-14H,8-11,19H2,1-3H3. The lowest BCUT2D eigenvalue weighted by Crippen LogP contribution is -2.45. The highest BCUT2D eigenvalue weighted by Crippen LogP contribution is 2.35. The first-order valence-electron chi connectivity index (χ1n) is 8.03. The maximum Gasteiger partial charge on any atom is 0.0349 e. The summed E-state index contributed by atoms with van der Waals surface area (Å²) in [6, 6.07) is 9.39. The first-order chi connectivity index (χ1) is 10.1. The second kappa shape index (κ2) is 6.07. The van der Waals surface area contributed by atoms with Crippen molar-refractivity contribution < 1.29 is 0 Å². The third-order valence-electron chi connectivity index (χ3n) is 5.05. The molecule has 1 aromatic carbocycles. The molecule has 2 aromatic rings. The lowest BCUT2D eigenvalue weighted by molar-refractivity contribution is 0.0732. The molecule has 3 unspecified atom stereocenters. The molecule has 2 N–H and O–H groups in total. The number of nitrogens with two attached hydrogens (primary N) is 1. The van der Waals surface area contributed by atoms with Gasteiger partial charge in [-0.3, -0.25) is 4.90 Å². The van der Waals surface area contributed by atoms with Crippen LogP contribution in [0.2, 0.25) is 0 Å². The summed E-state index contributed by atoms with van der Waals surface area (Å²) in [5.41, 5.74) is 7.46. The Morgan fingerprint density at radius 1 is 1.24 bits per heavy atom. The van der Waals surface area contributed by atoms with Crippen LogP contribution in [0, 0.1) is 11.8 Å². The van der Waals surface area contributed by atoms with E-state index in [-0.39, 0.29) is 0 Å². The largest absolute Gasteiger partial charge is 0.326 e. The Balaban J connectivity index is 1.93. The summed E-state index contributed by atoms with van der Waals surface area (Å²) in [6.07, 6.45) is 1.35. The minimum Gasteiger partial charge on any atom is -0.326 e. The molecule has 0 aliphatic carbocycles. The fourth-order valence-corrected chi connectivity index (χ4v) is 4.83. The average molecular weight is 302 g/mol. The molecule has 0 saturated carbocycles. The number of likely N-dealkylation sites (tertiary alicyclic amines) is 1. The molecule has 1 aromatic heterocycles. The molecule has 0 spiro atoms. The molecule has 2 heterocycles. The first kappa shape index (κ1) is 15.0. The smallest absolute Gasteiger partial charge is 0.0349 e. The van der Waals surface area contributed by atoms with Crippen LogP contribution in [0.4, 0.5) is 0 Å². The Labute approximate surface area is 131 Å². The van der Waals surface area contributed by atoms with E-state index in [9.17, 15) is 0 Å². The predicted octanol–water partition coefficient (Wildman–Crippen LogP) is 4.23. The summed E-state index contributed by atoms with van der Waals surface area (Å²) >= 11 is 1.86.